The third-order valence-electron chi connectivity index (χ3n) is 2.00. The molecule has 0 radical (unpaired) electrons. The van der Waals surface area contributed by atoms with Gasteiger partial charge < -0.3 is 10.5 Å². The first kappa shape index (κ1) is 7.98. The lowest BCUT2D eigenvalue weighted by Crippen LogP contribution is -2.56. The Hall–Kier alpha value is -0.120. The zero-order valence-electron chi connectivity index (χ0n) is 6.76. The minimum atomic E-state index is -0.382. The maximum absolute atomic E-state index is 5.88. The van der Waals surface area contributed by atoms with Gasteiger partial charge in [-0.05, 0) is 13.5 Å². The van der Waals surface area contributed by atoms with Gasteiger partial charge in [0.1, 0.15) is 5.72 Å². The summed E-state index contributed by atoms with van der Waals surface area (Å²) in [4.78, 5) is 2.20. The Balaban J connectivity index is 2.45. The maximum Gasteiger partial charge on any atom is 0.129 e. The molecule has 1 saturated heterocycles. The Labute approximate surface area is 62.1 Å². The van der Waals surface area contributed by atoms with Gasteiger partial charge in [0.15, 0.2) is 0 Å². The van der Waals surface area contributed by atoms with E-state index in [2.05, 4.69) is 18.9 Å². The summed E-state index contributed by atoms with van der Waals surface area (Å²) in [7, 11) is 2.07. The average Bonchev–Trinajstić information content (AvgIpc) is 1.88. The van der Waals surface area contributed by atoms with E-state index in [1.54, 1.807) is 0 Å². The van der Waals surface area contributed by atoms with Crippen LogP contribution in [-0.4, -0.2) is 37.4 Å². The van der Waals surface area contributed by atoms with Crippen LogP contribution in [0.4, 0.5) is 0 Å². The van der Waals surface area contributed by atoms with Crippen LogP contribution in [-0.2, 0) is 4.74 Å². The third-order valence-corrected chi connectivity index (χ3v) is 2.00. The number of ether oxygens (including phenoxy) is 1. The highest BCUT2D eigenvalue weighted by molar-refractivity contribution is 4.78. The number of hydrogen-bond donors (Lipinski definition) is 1. The third kappa shape index (κ3) is 1.68. The molecule has 2 N–H and O–H groups in total. The molecule has 0 bridgehead atoms. The van der Waals surface area contributed by atoms with Crippen molar-refractivity contribution in [3.8, 4) is 0 Å². The Kier molecular flexibility index (Phi) is 2.28. The second-order valence-electron chi connectivity index (χ2n) is 3.00. The summed E-state index contributed by atoms with van der Waals surface area (Å²) in [5.74, 6) is 0. The van der Waals surface area contributed by atoms with Crippen LogP contribution in [0.25, 0.3) is 0 Å². The first-order chi connectivity index (χ1) is 4.66. The fraction of sp³-hybridized carbons (Fsp3) is 1.00. The molecule has 0 aliphatic carbocycles. The van der Waals surface area contributed by atoms with Crippen LogP contribution < -0.4 is 5.73 Å². The first-order valence-electron chi connectivity index (χ1n) is 3.78. The maximum atomic E-state index is 5.88. The van der Waals surface area contributed by atoms with Crippen molar-refractivity contribution in [2.24, 2.45) is 5.73 Å². The van der Waals surface area contributed by atoms with Crippen LogP contribution in [0.1, 0.15) is 13.3 Å². The normalized spacial score (nSPS) is 36.3. The van der Waals surface area contributed by atoms with Crippen LogP contribution in [0.2, 0.25) is 0 Å². The van der Waals surface area contributed by atoms with Crippen molar-refractivity contribution in [1.82, 2.24) is 4.90 Å². The zero-order valence-corrected chi connectivity index (χ0v) is 6.76. The van der Waals surface area contributed by atoms with E-state index in [0.29, 0.717) is 0 Å². The summed E-state index contributed by atoms with van der Waals surface area (Å²) in [6, 6.07) is 0. The van der Waals surface area contributed by atoms with E-state index in [1.165, 1.54) is 0 Å². The van der Waals surface area contributed by atoms with E-state index in [0.717, 1.165) is 26.1 Å². The molecule has 1 atom stereocenters. The zero-order chi connectivity index (χ0) is 7.61. The van der Waals surface area contributed by atoms with Crippen LogP contribution in [0, 0.1) is 0 Å². The Morgan fingerprint density at radius 1 is 1.70 bits per heavy atom. The van der Waals surface area contributed by atoms with Gasteiger partial charge in [0.2, 0.25) is 0 Å². The van der Waals surface area contributed by atoms with E-state index in [4.69, 9.17) is 10.5 Å². The predicted molar refractivity (Wildman–Crippen MR) is 40.7 cm³/mol. The summed E-state index contributed by atoms with van der Waals surface area (Å²) in [5, 5.41) is 0. The van der Waals surface area contributed by atoms with Crippen molar-refractivity contribution in [1.29, 1.82) is 0 Å². The Morgan fingerprint density at radius 2 is 2.40 bits per heavy atom. The van der Waals surface area contributed by atoms with E-state index in [-0.39, 0.29) is 5.72 Å². The minimum Gasteiger partial charge on any atom is -0.358 e. The van der Waals surface area contributed by atoms with E-state index < -0.39 is 0 Å². The summed E-state index contributed by atoms with van der Waals surface area (Å²) in [6.45, 7) is 4.67. The molecule has 1 fully saturated rings. The van der Waals surface area contributed by atoms with Gasteiger partial charge in [0, 0.05) is 13.1 Å². The van der Waals surface area contributed by atoms with Crippen LogP contribution in [0.3, 0.4) is 0 Å². The number of nitrogens with zero attached hydrogens (tertiary/aromatic N) is 1. The van der Waals surface area contributed by atoms with Gasteiger partial charge in [-0.3, -0.25) is 4.90 Å². The van der Waals surface area contributed by atoms with Crippen molar-refractivity contribution >= 4 is 0 Å². The van der Waals surface area contributed by atoms with Crippen molar-refractivity contribution < 1.29 is 4.74 Å². The molecule has 1 unspecified atom stereocenters. The van der Waals surface area contributed by atoms with Gasteiger partial charge in [0.25, 0.3) is 0 Å². The highest BCUT2D eigenvalue weighted by atomic mass is 16.5. The molecule has 10 heavy (non-hydrogen) atoms. The molecule has 0 aromatic rings. The molecule has 1 aliphatic rings. The molecule has 0 spiro atoms. The van der Waals surface area contributed by atoms with Crippen molar-refractivity contribution in [3.63, 3.8) is 0 Å². The van der Waals surface area contributed by atoms with Crippen molar-refractivity contribution in [3.05, 3.63) is 0 Å². The molecular formula is C7H16N2O. The lowest BCUT2D eigenvalue weighted by molar-refractivity contribution is -0.101. The molecule has 0 saturated carbocycles. The van der Waals surface area contributed by atoms with Crippen LogP contribution >= 0.6 is 0 Å². The Bertz CT molecular complexity index is 118. The molecule has 1 rings (SSSR count). The van der Waals surface area contributed by atoms with Gasteiger partial charge in [-0.25, -0.2) is 0 Å². The van der Waals surface area contributed by atoms with E-state index in [9.17, 15) is 0 Å². The SMILES string of the molecule is CCC1(N)CN(C)CCO1. The molecule has 1 aliphatic heterocycles. The highest BCUT2D eigenvalue weighted by Crippen LogP contribution is 2.13. The van der Waals surface area contributed by atoms with Gasteiger partial charge in [-0.2, -0.15) is 0 Å². The van der Waals surface area contributed by atoms with E-state index in [1.807, 2.05) is 0 Å². The van der Waals surface area contributed by atoms with E-state index >= 15 is 0 Å². The van der Waals surface area contributed by atoms with Gasteiger partial charge in [0.05, 0.1) is 6.61 Å². The standard InChI is InChI=1S/C7H16N2O/c1-3-7(8)6-9(2)4-5-10-7/h3-6,8H2,1-2H3. The number of rotatable bonds is 1. The summed E-state index contributed by atoms with van der Waals surface area (Å²) in [6.07, 6.45) is 0.886. The predicted octanol–water partition coefficient (Wildman–Crippen LogP) is 0.0134. The number of hydrogen-bond acceptors (Lipinski definition) is 3. The fourth-order valence-corrected chi connectivity index (χ4v) is 1.20. The molecule has 0 amide bonds. The quantitative estimate of drug-likeness (QED) is 0.563. The number of morpholine rings is 1. The molecule has 0 aromatic heterocycles. The van der Waals surface area contributed by atoms with Crippen LogP contribution in [0.15, 0.2) is 0 Å². The second-order valence-corrected chi connectivity index (χ2v) is 3.00. The fourth-order valence-electron chi connectivity index (χ4n) is 1.20. The summed E-state index contributed by atoms with van der Waals surface area (Å²) >= 11 is 0. The highest BCUT2D eigenvalue weighted by Gasteiger charge is 2.28. The lowest BCUT2D eigenvalue weighted by Gasteiger charge is -2.37. The number of nitrogens with two attached hydrogens (primary N) is 1. The van der Waals surface area contributed by atoms with Gasteiger partial charge in [-0.15, -0.1) is 0 Å². The molecule has 3 heteroatoms. The molecule has 1 heterocycles. The largest absolute Gasteiger partial charge is 0.358 e. The van der Waals surface area contributed by atoms with Crippen molar-refractivity contribution in [2.45, 2.75) is 19.1 Å². The molecular weight excluding hydrogens is 128 g/mol. The molecule has 3 nitrogen and oxygen atoms in total. The lowest BCUT2D eigenvalue weighted by atomic mass is 10.1. The summed E-state index contributed by atoms with van der Waals surface area (Å²) in [5.41, 5.74) is 5.50. The minimum absolute atomic E-state index is 0.382. The van der Waals surface area contributed by atoms with Crippen LogP contribution in [0.5, 0.6) is 0 Å². The summed E-state index contributed by atoms with van der Waals surface area (Å²) < 4.78 is 5.42. The second kappa shape index (κ2) is 2.86. The molecule has 60 valence electrons. The smallest absolute Gasteiger partial charge is 0.129 e. The topological polar surface area (TPSA) is 38.5 Å². The monoisotopic (exact) mass is 144 g/mol. The Morgan fingerprint density at radius 3 is 2.80 bits per heavy atom. The van der Waals surface area contributed by atoms with Crippen molar-refractivity contribution in [2.75, 3.05) is 26.7 Å². The van der Waals surface area contributed by atoms with Gasteiger partial charge in [-0.1, -0.05) is 6.92 Å². The molecule has 0 aromatic carbocycles. The first-order valence-corrected chi connectivity index (χ1v) is 3.78. The average molecular weight is 144 g/mol. The number of likely N-dealkylation sites (N-methyl/N-ethyl adjacent to an activating group) is 1. The van der Waals surface area contributed by atoms with Gasteiger partial charge >= 0.3 is 0 Å².